The van der Waals surface area contributed by atoms with E-state index in [1.54, 1.807) is 19.2 Å². The van der Waals surface area contributed by atoms with E-state index in [-0.39, 0.29) is 12.7 Å². The number of carboxylic acids is 1. The van der Waals surface area contributed by atoms with Crippen molar-refractivity contribution < 1.29 is 24.1 Å². The molecule has 3 aromatic rings. The molecular weight excluding hydrogens is 418 g/mol. The molecular formula is C24H24ClNO5. The Morgan fingerprint density at radius 2 is 1.90 bits per heavy atom. The third-order valence-electron chi connectivity index (χ3n) is 4.60. The molecule has 1 heterocycles. The summed E-state index contributed by atoms with van der Waals surface area (Å²) in [6.45, 7) is 1.96. The molecule has 1 atom stereocenters. The van der Waals surface area contributed by atoms with Gasteiger partial charge in [-0.15, -0.1) is 0 Å². The average molecular weight is 442 g/mol. The number of aromatic nitrogens is 1. The molecule has 1 N–H and O–H groups in total. The van der Waals surface area contributed by atoms with Gasteiger partial charge in [0.15, 0.2) is 6.61 Å². The van der Waals surface area contributed by atoms with Gasteiger partial charge in [-0.2, -0.15) is 0 Å². The van der Waals surface area contributed by atoms with Crippen LogP contribution in [0, 0.1) is 6.92 Å². The monoisotopic (exact) mass is 441 g/mol. The number of carbonyl (C=O) groups is 1. The number of hydrogen-bond donors (Lipinski definition) is 1. The molecule has 7 heteroatoms. The summed E-state index contributed by atoms with van der Waals surface area (Å²) in [5.41, 5.74) is 3.36. The zero-order valence-corrected chi connectivity index (χ0v) is 18.1. The SMILES string of the molecule is COCC[C@H](Oc1ccc(OCC(=O)O)c(C)c1)c1cccc(-c2ccc(Cl)cc2)n1. The van der Waals surface area contributed by atoms with Gasteiger partial charge in [-0.25, -0.2) is 9.78 Å². The van der Waals surface area contributed by atoms with Crippen LogP contribution in [0.1, 0.15) is 23.8 Å². The third-order valence-corrected chi connectivity index (χ3v) is 4.85. The Morgan fingerprint density at radius 1 is 1.13 bits per heavy atom. The van der Waals surface area contributed by atoms with Crippen molar-refractivity contribution in [1.82, 2.24) is 4.98 Å². The minimum atomic E-state index is -1.02. The lowest BCUT2D eigenvalue weighted by Gasteiger charge is -2.20. The van der Waals surface area contributed by atoms with E-state index in [0.717, 1.165) is 22.5 Å². The number of aryl methyl sites for hydroxylation is 1. The van der Waals surface area contributed by atoms with E-state index in [4.69, 9.17) is 35.9 Å². The zero-order chi connectivity index (χ0) is 22.2. The fraction of sp³-hybridized carbons (Fsp3) is 0.250. The van der Waals surface area contributed by atoms with Crippen molar-refractivity contribution in [2.75, 3.05) is 20.3 Å². The fourth-order valence-corrected chi connectivity index (χ4v) is 3.19. The molecule has 3 rings (SSSR count). The van der Waals surface area contributed by atoms with Crippen LogP contribution in [0.2, 0.25) is 5.02 Å². The highest BCUT2D eigenvalue weighted by atomic mass is 35.5. The lowest BCUT2D eigenvalue weighted by Crippen LogP contribution is -2.13. The Kier molecular flexibility index (Phi) is 7.87. The molecule has 0 radical (unpaired) electrons. The maximum Gasteiger partial charge on any atom is 0.341 e. The molecule has 0 bridgehead atoms. The third kappa shape index (κ3) is 6.44. The minimum absolute atomic E-state index is 0.322. The summed E-state index contributed by atoms with van der Waals surface area (Å²) in [6, 6.07) is 18.6. The van der Waals surface area contributed by atoms with Crippen molar-refractivity contribution in [3.8, 4) is 22.8 Å². The van der Waals surface area contributed by atoms with Crippen molar-refractivity contribution in [3.63, 3.8) is 0 Å². The summed E-state index contributed by atoms with van der Waals surface area (Å²) >= 11 is 6.00. The largest absolute Gasteiger partial charge is 0.484 e. The van der Waals surface area contributed by atoms with E-state index in [1.165, 1.54) is 0 Å². The van der Waals surface area contributed by atoms with Gasteiger partial charge in [0.1, 0.15) is 17.6 Å². The highest BCUT2D eigenvalue weighted by Crippen LogP contribution is 2.30. The van der Waals surface area contributed by atoms with E-state index < -0.39 is 5.97 Å². The summed E-state index contributed by atoms with van der Waals surface area (Å²) in [7, 11) is 1.65. The van der Waals surface area contributed by atoms with Gasteiger partial charge in [0.05, 0.1) is 18.0 Å². The van der Waals surface area contributed by atoms with Gasteiger partial charge in [-0.3, -0.25) is 0 Å². The first-order chi connectivity index (χ1) is 15.0. The quantitative estimate of drug-likeness (QED) is 0.458. The Labute approximate surface area is 186 Å². The van der Waals surface area contributed by atoms with Crippen molar-refractivity contribution >= 4 is 17.6 Å². The molecule has 31 heavy (non-hydrogen) atoms. The van der Waals surface area contributed by atoms with Crippen molar-refractivity contribution in [3.05, 3.63) is 76.9 Å². The topological polar surface area (TPSA) is 77.9 Å². The lowest BCUT2D eigenvalue weighted by atomic mass is 10.1. The van der Waals surface area contributed by atoms with Gasteiger partial charge in [0.2, 0.25) is 0 Å². The number of methoxy groups -OCH3 is 1. The van der Waals surface area contributed by atoms with Crippen molar-refractivity contribution in [2.45, 2.75) is 19.4 Å². The van der Waals surface area contributed by atoms with Gasteiger partial charge >= 0.3 is 5.97 Å². The van der Waals surface area contributed by atoms with Crippen LogP contribution < -0.4 is 9.47 Å². The molecule has 0 aliphatic heterocycles. The number of nitrogens with zero attached hydrogens (tertiary/aromatic N) is 1. The van der Waals surface area contributed by atoms with Gasteiger partial charge in [-0.05, 0) is 55.0 Å². The highest BCUT2D eigenvalue weighted by molar-refractivity contribution is 6.30. The maximum atomic E-state index is 10.7. The normalized spacial score (nSPS) is 11.7. The minimum Gasteiger partial charge on any atom is -0.484 e. The second-order valence-electron chi connectivity index (χ2n) is 6.95. The number of pyridine rings is 1. The molecule has 0 unspecified atom stereocenters. The van der Waals surface area contributed by atoms with Crippen LogP contribution in [0.4, 0.5) is 0 Å². The molecule has 0 aliphatic rings. The molecule has 2 aromatic carbocycles. The van der Waals surface area contributed by atoms with E-state index in [0.29, 0.717) is 29.5 Å². The maximum absolute atomic E-state index is 10.7. The predicted molar refractivity (Wildman–Crippen MR) is 119 cm³/mol. The van der Waals surface area contributed by atoms with Crippen LogP contribution in [0.3, 0.4) is 0 Å². The van der Waals surface area contributed by atoms with Crippen molar-refractivity contribution in [1.29, 1.82) is 0 Å². The first-order valence-corrected chi connectivity index (χ1v) is 10.2. The Balaban J connectivity index is 1.82. The standard InChI is InChI=1S/C24H24ClNO5/c1-16-14-19(10-11-22(16)30-15-24(27)28)31-23(12-13-29-2)21-5-3-4-20(26-21)17-6-8-18(25)9-7-17/h3-11,14,23H,12-13,15H2,1-2H3,(H,27,28)/t23-/m0/s1. The molecule has 0 saturated heterocycles. The number of carboxylic acid groups (broad SMARTS) is 1. The number of halogens is 1. The molecule has 0 spiro atoms. The van der Waals surface area contributed by atoms with Crippen LogP contribution in [-0.2, 0) is 9.53 Å². The number of aliphatic carboxylic acids is 1. The summed E-state index contributed by atoms with van der Waals surface area (Å²) in [4.78, 5) is 15.5. The fourth-order valence-electron chi connectivity index (χ4n) is 3.07. The molecule has 0 aliphatic carbocycles. The van der Waals surface area contributed by atoms with E-state index in [9.17, 15) is 4.79 Å². The van der Waals surface area contributed by atoms with Crippen LogP contribution in [-0.4, -0.2) is 36.4 Å². The van der Waals surface area contributed by atoms with E-state index in [1.807, 2.05) is 55.5 Å². The first-order valence-electron chi connectivity index (χ1n) is 9.80. The van der Waals surface area contributed by atoms with Gasteiger partial charge in [-0.1, -0.05) is 29.8 Å². The zero-order valence-electron chi connectivity index (χ0n) is 17.4. The van der Waals surface area contributed by atoms with E-state index >= 15 is 0 Å². The summed E-state index contributed by atoms with van der Waals surface area (Å²) in [5, 5.41) is 9.46. The first kappa shape index (κ1) is 22.6. The van der Waals surface area contributed by atoms with Crippen molar-refractivity contribution in [2.24, 2.45) is 0 Å². The van der Waals surface area contributed by atoms with E-state index in [2.05, 4.69) is 0 Å². The number of hydrogen-bond acceptors (Lipinski definition) is 5. The number of benzene rings is 2. The number of ether oxygens (including phenoxy) is 3. The van der Waals surface area contributed by atoms with Crippen LogP contribution >= 0.6 is 11.6 Å². The Morgan fingerprint density at radius 3 is 2.58 bits per heavy atom. The van der Waals surface area contributed by atoms with Crippen LogP contribution in [0.25, 0.3) is 11.3 Å². The number of rotatable bonds is 10. The van der Waals surface area contributed by atoms with Crippen LogP contribution in [0.15, 0.2) is 60.7 Å². The Bertz CT molecular complexity index is 1020. The molecule has 6 nitrogen and oxygen atoms in total. The second kappa shape index (κ2) is 10.8. The summed E-state index contributed by atoms with van der Waals surface area (Å²) in [5.74, 6) is 0.122. The summed E-state index contributed by atoms with van der Waals surface area (Å²) < 4.78 is 16.8. The second-order valence-corrected chi connectivity index (χ2v) is 7.39. The molecule has 1 aromatic heterocycles. The lowest BCUT2D eigenvalue weighted by molar-refractivity contribution is -0.139. The average Bonchev–Trinajstić information content (AvgIpc) is 2.76. The highest BCUT2D eigenvalue weighted by Gasteiger charge is 2.17. The molecule has 162 valence electrons. The summed E-state index contributed by atoms with van der Waals surface area (Å²) in [6.07, 6.45) is 0.293. The van der Waals surface area contributed by atoms with Crippen LogP contribution in [0.5, 0.6) is 11.5 Å². The molecule has 0 saturated carbocycles. The molecule has 0 amide bonds. The smallest absolute Gasteiger partial charge is 0.341 e. The predicted octanol–water partition coefficient (Wildman–Crippen LogP) is 5.33. The van der Waals surface area contributed by atoms with Gasteiger partial charge in [0.25, 0.3) is 0 Å². The Hall–Kier alpha value is -3.09. The van der Waals surface area contributed by atoms with Gasteiger partial charge < -0.3 is 19.3 Å². The molecule has 0 fully saturated rings. The van der Waals surface area contributed by atoms with Gasteiger partial charge in [0, 0.05) is 24.1 Å².